The fraction of sp³-hybridized carbons (Fsp3) is 0. The first-order valence-corrected chi connectivity index (χ1v) is 3.01. The summed E-state index contributed by atoms with van der Waals surface area (Å²) in [7, 11) is 0. The van der Waals surface area contributed by atoms with E-state index in [0.717, 1.165) is 6.07 Å². The molecule has 0 aromatic heterocycles. The lowest BCUT2D eigenvalue weighted by molar-refractivity contribution is 0.0992. The number of phenols is 1. The van der Waals surface area contributed by atoms with Crippen molar-refractivity contribution in [1.82, 2.24) is 0 Å². The summed E-state index contributed by atoms with van der Waals surface area (Å²) in [5.41, 5.74) is 3.85. The fourth-order valence-corrected chi connectivity index (χ4v) is 0.775. The number of nitrogens with two attached hydrogens (primary N) is 1. The molecular weight excluding hydrogens is 168 g/mol. The highest BCUT2D eigenvalue weighted by Crippen LogP contribution is 2.21. The van der Waals surface area contributed by atoms with Crippen LogP contribution in [0.25, 0.3) is 0 Å². The van der Waals surface area contributed by atoms with Crippen LogP contribution < -0.4 is 5.73 Å². The maximum atomic E-state index is 12.7. The number of amides is 1. The summed E-state index contributed by atoms with van der Waals surface area (Å²) >= 11 is 0. The number of hydrogen-bond acceptors (Lipinski definition) is 2. The topological polar surface area (TPSA) is 63.3 Å². The quantitative estimate of drug-likeness (QED) is 0.658. The second-order valence-electron chi connectivity index (χ2n) is 2.12. The average molecular weight is 173 g/mol. The van der Waals surface area contributed by atoms with E-state index in [0.29, 0.717) is 6.07 Å². The molecule has 1 aromatic rings. The Balaban J connectivity index is 3.43. The zero-order chi connectivity index (χ0) is 9.30. The predicted molar refractivity (Wildman–Crippen MR) is 36.5 cm³/mol. The minimum Gasteiger partial charge on any atom is -0.507 e. The van der Waals surface area contributed by atoms with Gasteiger partial charge in [0, 0.05) is 0 Å². The van der Waals surface area contributed by atoms with E-state index in [1.165, 1.54) is 0 Å². The highest BCUT2D eigenvalue weighted by Gasteiger charge is 2.17. The second-order valence-corrected chi connectivity index (χ2v) is 2.12. The van der Waals surface area contributed by atoms with Gasteiger partial charge in [-0.2, -0.15) is 0 Å². The van der Waals surface area contributed by atoms with Gasteiger partial charge in [0.25, 0.3) is 5.91 Å². The smallest absolute Gasteiger partial charge is 0.255 e. The number of primary amides is 1. The highest BCUT2D eigenvalue weighted by molar-refractivity contribution is 5.95. The predicted octanol–water partition coefficient (Wildman–Crippen LogP) is 0.769. The molecule has 0 aliphatic heterocycles. The largest absolute Gasteiger partial charge is 0.507 e. The molecule has 3 nitrogen and oxygen atoms in total. The first-order chi connectivity index (χ1) is 5.54. The van der Waals surface area contributed by atoms with E-state index in [1.54, 1.807) is 0 Å². The monoisotopic (exact) mass is 173 g/mol. The van der Waals surface area contributed by atoms with E-state index in [9.17, 15) is 13.6 Å². The molecule has 0 bridgehead atoms. The molecule has 0 aliphatic rings. The molecule has 0 heterocycles. The summed E-state index contributed by atoms with van der Waals surface area (Å²) < 4.78 is 25.1. The lowest BCUT2D eigenvalue weighted by Crippen LogP contribution is -2.14. The van der Waals surface area contributed by atoms with Crippen molar-refractivity contribution in [1.29, 1.82) is 0 Å². The van der Waals surface area contributed by atoms with Crippen molar-refractivity contribution < 1.29 is 18.7 Å². The lowest BCUT2D eigenvalue weighted by atomic mass is 10.1. The molecule has 0 saturated carbocycles. The minimum atomic E-state index is -1.43. The summed E-state index contributed by atoms with van der Waals surface area (Å²) in [6, 6.07) is 1.57. The van der Waals surface area contributed by atoms with Crippen molar-refractivity contribution in [3.05, 3.63) is 29.3 Å². The van der Waals surface area contributed by atoms with Crippen molar-refractivity contribution in [2.75, 3.05) is 0 Å². The molecular formula is C7H5F2NO2. The Morgan fingerprint density at radius 3 is 2.42 bits per heavy atom. The molecule has 64 valence electrons. The molecule has 0 saturated heterocycles. The Morgan fingerprint density at radius 1 is 1.42 bits per heavy atom. The van der Waals surface area contributed by atoms with Crippen LogP contribution in [0.3, 0.4) is 0 Å². The third-order valence-corrected chi connectivity index (χ3v) is 1.32. The molecule has 3 N–H and O–H groups in total. The van der Waals surface area contributed by atoms with Crippen molar-refractivity contribution in [2.24, 2.45) is 5.73 Å². The van der Waals surface area contributed by atoms with E-state index in [2.05, 4.69) is 5.73 Å². The van der Waals surface area contributed by atoms with Crippen LogP contribution >= 0.6 is 0 Å². The number of halogens is 2. The van der Waals surface area contributed by atoms with E-state index >= 15 is 0 Å². The minimum absolute atomic E-state index is 0.665. The second kappa shape index (κ2) is 2.77. The van der Waals surface area contributed by atoms with Crippen LogP contribution in [-0.4, -0.2) is 11.0 Å². The molecule has 0 radical (unpaired) electrons. The van der Waals surface area contributed by atoms with Gasteiger partial charge >= 0.3 is 0 Å². The van der Waals surface area contributed by atoms with Crippen molar-refractivity contribution in [3.63, 3.8) is 0 Å². The number of hydrogen-bond donors (Lipinski definition) is 2. The molecule has 5 heteroatoms. The molecule has 12 heavy (non-hydrogen) atoms. The van der Waals surface area contributed by atoms with Crippen LogP contribution in [0.5, 0.6) is 5.75 Å². The van der Waals surface area contributed by atoms with E-state index in [-0.39, 0.29) is 0 Å². The fourth-order valence-electron chi connectivity index (χ4n) is 0.775. The maximum Gasteiger partial charge on any atom is 0.255 e. The van der Waals surface area contributed by atoms with E-state index in [4.69, 9.17) is 5.11 Å². The normalized spacial score (nSPS) is 9.83. The molecule has 1 amide bonds. The summed E-state index contributed by atoms with van der Waals surface area (Å²) in [5, 5.41) is 8.88. The molecule has 0 atom stereocenters. The van der Waals surface area contributed by atoms with Crippen LogP contribution in [0, 0.1) is 11.6 Å². The van der Waals surface area contributed by atoms with Gasteiger partial charge in [-0.3, -0.25) is 4.79 Å². The Morgan fingerprint density at radius 2 is 2.00 bits per heavy atom. The summed E-state index contributed by atoms with van der Waals surface area (Å²) in [5.74, 6) is -4.52. The van der Waals surface area contributed by atoms with Gasteiger partial charge in [-0.05, 0) is 12.1 Å². The Bertz CT molecular complexity index is 338. The summed E-state index contributed by atoms with van der Waals surface area (Å²) in [6.45, 7) is 0. The molecule has 0 spiro atoms. The van der Waals surface area contributed by atoms with Crippen LogP contribution in [0.4, 0.5) is 8.78 Å². The Kier molecular flexibility index (Phi) is 1.95. The number of carbonyl (C=O) groups excluding carboxylic acids is 1. The zero-order valence-corrected chi connectivity index (χ0v) is 5.84. The standard InChI is InChI=1S/C7H5F2NO2/c8-3-1-2-4(11)5(6(3)9)7(10)12/h1-2,11H,(H2,10,12). The van der Waals surface area contributed by atoms with Crippen molar-refractivity contribution >= 4 is 5.91 Å². The number of aromatic hydroxyl groups is 1. The van der Waals surface area contributed by atoms with Crippen LogP contribution in [0.15, 0.2) is 12.1 Å². The van der Waals surface area contributed by atoms with Crippen molar-refractivity contribution in [3.8, 4) is 5.75 Å². The van der Waals surface area contributed by atoms with Gasteiger partial charge in [-0.25, -0.2) is 8.78 Å². The molecule has 0 fully saturated rings. The first-order valence-electron chi connectivity index (χ1n) is 3.01. The Labute approximate surface area is 66.4 Å². The van der Waals surface area contributed by atoms with Crippen LogP contribution in [0.2, 0.25) is 0 Å². The first kappa shape index (κ1) is 8.45. The van der Waals surface area contributed by atoms with Gasteiger partial charge in [-0.15, -0.1) is 0 Å². The van der Waals surface area contributed by atoms with Crippen LogP contribution in [-0.2, 0) is 0 Å². The third-order valence-electron chi connectivity index (χ3n) is 1.32. The number of benzene rings is 1. The maximum absolute atomic E-state index is 12.7. The van der Waals surface area contributed by atoms with E-state index < -0.39 is 28.9 Å². The molecule has 1 rings (SSSR count). The van der Waals surface area contributed by atoms with Gasteiger partial charge in [0.05, 0.1) is 0 Å². The molecule has 1 aromatic carbocycles. The van der Waals surface area contributed by atoms with Gasteiger partial charge in [0.1, 0.15) is 11.3 Å². The third kappa shape index (κ3) is 1.20. The number of carbonyl (C=O) groups is 1. The number of rotatable bonds is 1. The molecule has 0 unspecified atom stereocenters. The summed E-state index contributed by atoms with van der Waals surface area (Å²) in [6.07, 6.45) is 0. The lowest BCUT2D eigenvalue weighted by Gasteiger charge is -2.01. The molecule has 0 aliphatic carbocycles. The highest BCUT2D eigenvalue weighted by atomic mass is 19.2. The van der Waals surface area contributed by atoms with Crippen molar-refractivity contribution in [2.45, 2.75) is 0 Å². The average Bonchev–Trinajstić information content (AvgIpc) is 1.97. The summed E-state index contributed by atoms with van der Waals surface area (Å²) in [4.78, 5) is 10.5. The Hall–Kier alpha value is -1.65. The SMILES string of the molecule is NC(=O)c1c(O)ccc(F)c1F. The van der Waals surface area contributed by atoms with Gasteiger partial charge in [-0.1, -0.05) is 0 Å². The zero-order valence-electron chi connectivity index (χ0n) is 5.84. The van der Waals surface area contributed by atoms with E-state index in [1.807, 2.05) is 0 Å². The van der Waals surface area contributed by atoms with Gasteiger partial charge in [0.15, 0.2) is 11.6 Å². The van der Waals surface area contributed by atoms with Gasteiger partial charge < -0.3 is 10.8 Å². The van der Waals surface area contributed by atoms with Gasteiger partial charge in [0.2, 0.25) is 0 Å². The van der Waals surface area contributed by atoms with Crippen LogP contribution in [0.1, 0.15) is 10.4 Å².